The molecule has 19 heavy (non-hydrogen) atoms. The Hall–Kier alpha value is -2.63. The van der Waals surface area contributed by atoms with E-state index in [-0.39, 0.29) is 0 Å². The van der Waals surface area contributed by atoms with Crippen molar-refractivity contribution in [3.05, 3.63) is 47.7 Å². The highest BCUT2D eigenvalue weighted by molar-refractivity contribution is 5.82. The molecule has 3 rings (SSSR count). The standard InChI is InChI=1S/C13H13N5O/c14-12(19)11(9-4-2-1-3-5-9)18-13-10(7-17-18)6-15-8-16-13/h1-5,7-8,11H,6H2,(H2,14,19)(H,15,16). The Kier molecular flexibility index (Phi) is 2.75. The molecule has 2 heterocycles. The Bertz CT molecular complexity index is 632. The molecule has 1 aliphatic rings. The molecule has 96 valence electrons. The summed E-state index contributed by atoms with van der Waals surface area (Å²) in [6.45, 7) is 0.652. The molecule has 1 unspecified atom stereocenters. The summed E-state index contributed by atoms with van der Waals surface area (Å²) in [5.74, 6) is 0.220. The first-order chi connectivity index (χ1) is 9.27. The van der Waals surface area contributed by atoms with Gasteiger partial charge in [-0.05, 0) is 5.56 Å². The van der Waals surface area contributed by atoms with E-state index in [1.807, 2.05) is 30.3 Å². The van der Waals surface area contributed by atoms with Crippen molar-refractivity contribution in [2.24, 2.45) is 10.7 Å². The molecule has 1 aliphatic heterocycles. The molecule has 0 saturated carbocycles. The van der Waals surface area contributed by atoms with Crippen LogP contribution in [0.3, 0.4) is 0 Å². The van der Waals surface area contributed by atoms with Crippen LogP contribution in [-0.4, -0.2) is 22.0 Å². The molecule has 6 heteroatoms. The Morgan fingerprint density at radius 2 is 2.16 bits per heavy atom. The second-order valence-corrected chi connectivity index (χ2v) is 4.29. The lowest BCUT2D eigenvalue weighted by atomic mass is 10.1. The van der Waals surface area contributed by atoms with Crippen molar-refractivity contribution in [3.63, 3.8) is 0 Å². The number of fused-ring (bicyclic) bond motifs is 1. The minimum Gasteiger partial charge on any atom is -0.372 e. The minimum absolute atomic E-state index is 0.453. The molecular formula is C13H13N5O. The summed E-state index contributed by atoms with van der Waals surface area (Å²) in [6, 6.07) is 8.70. The topological polar surface area (TPSA) is 85.3 Å². The van der Waals surface area contributed by atoms with E-state index in [4.69, 9.17) is 5.73 Å². The summed E-state index contributed by atoms with van der Waals surface area (Å²) >= 11 is 0. The zero-order chi connectivity index (χ0) is 13.2. The number of carbonyl (C=O) groups excluding carboxylic acids is 1. The SMILES string of the molecule is NC(=O)C(c1ccccc1)n1ncc2c1N=CNC2. The van der Waals surface area contributed by atoms with Crippen molar-refractivity contribution >= 4 is 18.1 Å². The Labute approximate surface area is 109 Å². The van der Waals surface area contributed by atoms with Crippen molar-refractivity contribution in [1.29, 1.82) is 0 Å². The maximum atomic E-state index is 11.8. The number of primary amides is 1. The predicted molar refractivity (Wildman–Crippen MR) is 71.0 cm³/mol. The third-order valence-corrected chi connectivity index (χ3v) is 3.04. The van der Waals surface area contributed by atoms with Crippen LogP contribution in [0.15, 0.2) is 41.5 Å². The van der Waals surface area contributed by atoms with Gasteiger partial charge in [-0.2, -0.15) is 5.10 Å². The van der Waals surface area contributed by atoms with Gasteiger partial charge in [0.25, 0.3) is 0 Å². The van der Waals surface area contributed by atoms with Crippen molar-refractivity contribution in [2.45, 2.75) is 12.6 Å². The van der Waals surface area contributed by atoms with Crippen LogP contribution in [0, 0.1) is 0 Å². The average molecular weight is 255 g/mol. The molecule has 0 aliphatic carbocycles. The van der Waals surface area contributed by atoms with Crippen molar-refractivity contribution in [1.82, 2.24) is 15.1 Å². The van der Waals surface area contributed by atoms with Crippen LogP contribution < -0.4 is 11.1 Å². The smallest absolute Gasteiger partial charge is 0.246 e. The third-order valence-electron chi connectivity index (χ3n) is 3.04. The Morgan fingerprint density at radius 1 is 1.37 bits per heavy atom. The molecule has 1 atom stereocenters. The Morgan fingerprint density at radius 3 is 2.89 bits per heavy atom. The van der Waals surface area contributed by atoms with Crippen LogP contribution in [0.1, 0.15) is 17.2 Å². The number of hydrogen-bond donors (Lipinski definition) is 2. The first kappa shape index (κ1) is 11.5. The number of nitrogens with one attached hydrogen (secondary N) is 1. The van der Waals surface area contributed by atoms with E-state index in [9.17, 15) is 4.79 Å². The van der Waals surface area contributed by atoms with E-state index in [2.05, 4.69) is 15.4 Å². The fraction of sp³-hybridized carbons (Fsp3) is 0.154. The number of aliphatic imine (C=N–C) groups is 1. The van der Waals surface area contributed by atoms with Crippen LogP contribution in [0.2, 0.25) is 0 Å². The molecule has 0 radical (unpaired) electrons. The molecule has 3 N–H and O–H groups in total. The number of amides is 1. The molecule has 6 nitrogen and oxygen atoms in total. The van der Waals surface area contributed by atoms with Gasteiger partial charge in [-0.3, -0.25) is 4.79 Å². The van der Waals surface area contributed by atoms with E-state index < -0.39 is 11.9 Å². The number of rotatable bonds is 3. The maximum Gasteiger partial charge on any atom is 0.246 e. The molecule has 0 fully saturated rings. The summed E-state index contributed by atoms with van der Waals surface area (Å²) in [7, 11) is 0. The van der Waals surface area contributed by atoms with Crippen molar-refractivity contribution in [3.8, 4) is 0 Å². The van der Waals surface area contributed by atoms with E-state index in [0.29, 0.717) is 12.4 Å². The minimum atomic E-state index is -0.639. The van der Waals surface area contributed by atoms with Gasteiger partial charge in [0, 0.05) is 12.1 Å². The first-order valence-electron chi connectivity index (χ1n) is 5.94. The van der Waals surface area contributed by atoms with Gasteiger partial charge >= 0.3 is 0 Å². The first-order valence-corrected chi connectivity index (χ1v) is 5.94. The maximum absolute atomic E-state index is 11.8. The molecule has 1 aromatic carbocycles. The largest absolute Gasteiger partial charge is 0.372 e. The molecular weight excluding hydrogens is 242 g/mol. The molecule has 0 bridgehead atoms. The number of nitrogens with two attached hydrogens (primary N) is 1. The number of hydrogen-bond acceptors (Lipinski definition) is 4. The summed E-state index contributed by atoms with van der Waals surface area (Å²) in [6.07, 6.45) is 3.31. The van der Waals surface area contributed by atoms with Gasteiger partial charge in [-0.15, -0.1) is 0 Å². The van der Waals surface area contributed by atoms with E-state index >= 15 is 0 Å². The van der Waals surface area contributed by atoms with Crippen LogP contribution in [0.5, 0.6) is 0 Å². The van der Waals surface area contributed by atoms with Gasteiger partial charge < -0.3 is 11.1 Å². The predicted octanol–water partition coefficient (Wildman–Crippen LogP) is 0.721. The van der Waals surface area contributed by atoms with E-state index in [0.717, 1.165) is 11.1 Å². The molecule has 0 spiro atoms. The lowest BCUT2D eigenvalue weighted by Gasteiger charge is -2.17. The number of aromatic nitrogens is 2. The number of nitrogens with zero attached hydrogens (tertiary/aromatic N) is 3. The van der Waals surface area contributed by atoms with Gasteiger partial charge in [-0.25, -0.2) is 9.67 Å². The second-order valence-electron chi connectivity index (χ2n) is 4.29. The van der Waals surface area contributed by atoms with Crippen LogP contribution in [0.4, 0.5) is 5.82 Å². The van der Waals surface area contributed by atoms with Gasteiger partial charge in [-0.1, -0.05) is 30.3 Å². The highest BCUT2D eigenvalue weighted by Crippen LogP contribution is 2.27. The van der Waals surface area contributed by atoms with Gasteiger partial charge in [0.15, 0.2) is 11.9 Å². The highest BCUT2D eigenvalue weighted by Gasteiger charge is 2.25. The normalized spacial score (nSPS) is 14.5. The lowest BCUT2D eigenvalue weighted by molar-refractivity contribution is -0.120. The third kappa shape index (κ3) is 1.97. The van der Waals surface area contributed by atoms with Crippen LogP contribution >= 0.6 is 0 Å². The quantitative estimate of drug-likeness (QED) is 0.847. The summed E-state index contributed by atoms with van der Waals surface area (Å²) in [4.78, 5) is 16.0. The second kappa shape index (κ2) is 4.56. The van der Waals surface area contributed by atoms with Gasteiger partial charge in [0.05, 0.1) is 12.5 Å². The van der Waals surface area contributed by atoms with Crippen molar-refractivity contribution in [2.75, 3.05) is 0 Å². The van der Waals surface area contributed by atoms with E-state index in [1.165, 1.54) is 0 Å². The van der Waals surface area contributed by atoms with E-state index in [1.54, 1.807) is 17.2 Å². The fourth-order valence-electron chi connectivity index (χ4n) is 2.17. The number of benzene rings is 1. The zero-order valence-corrected chi connectivity index (χ0v) is 10.2. The monoisotopic (exact) mass is 255 g/mol. The van der Waals surface area contributed by atoms with Gasteiger partial charge in [0.1, 0.15) is 0 Å². The average Bonchev–Trinajstić information content (AvgIpc) is 2.84. The molecule has 1 aromatic heterocycles. The number of carbonyl (C=O) groups is 1. The highest BCUT2D eigenvalue weighted by atomic mass is 16.1. The zero-order valence-electron chi connectivity index (χ0n) is 10.2. The summed E-state index contributed by atoms with van der Waals surface area (Å²) < 4.78 is 1.57. The van der Waals surface area contributed by atoms with Crippen molar-refractivity contribution < 1.29 is 4.79 Å². The van der Waals surface area contributed by atoms with Gasteiger partial charge in [0.2, 0.25) is 5.91 Å². The van der Waals surface area contributed by atoms with Crippen LogP contribution in [0.25, 0.3) is 0 Å². The lowest BCUT2D eigenvalue weighted by Crippen LogP contribution is -2.28. The molecule has 0 saturated heterocycles. The summed E-state index contributed by atoms with van der Waals surface area (Å²) in [5.41, 5.74) is 7.28. The van der Waals surface area contributed by atoms with Crippen LogP contribution in [-0.2, 0) is 11.3 Å². The summed E-state index contributed by atoms with van der Waals surface area (Å²) in [5, 5.41) is 7.26. The Balaban J connectivity index is 2.10. The fourth-order valence-corrected chi connectivity index (χ4v) is 2.17. The molecule has 2 aromatic rings. The molecule has 1 amide bonds.